The van der Waals surface area contributed by atoms with E-state index in [2.05, 4.69) is 193 Å². The third kappa shape index (κ3) is 4.78. The van der Waals surface area contributed by atoms with Crippen LogP contribution in [0.5, 0.6) is 0 Å². The second kappa shape index (κ2) is 11.9. The molecule has 11 rings (SSSR count). The Morgan fingerprint density at radius 2 is 1.11 bits per heavy atom. The van der Waals surface area contributed by atoms with E-state index >= 15 is 0 Å². The highest BCUT2D eigenvalue weighted by Gasteiger charge is 2.24. The Balaban J connectivity index is 1.23. The summed E-state index contributed by atoms with van der Waals surface area (Å²) in [7, 11) is 0. The molecule has 0 saturated carbocycles. The summed E-state index contributed by atoms with van der Waals surface area (Å²) in [6.45, 7) is 0. The maximum absolute atomic E-state index is 6.96. The van der Waals surface area contributed by atoms with E-state index < -0.39 is 0 Å². The molecule has 248 valence electrons. The molecule has 0 radical (unpaired) electrons. The molecule has 3 heteroatoms. The van der Waals surface area contributed by atoms with Crippen molar-refractivity contribution in [2.75, 3.05) is 4.90 Å². The normalized spacial score (nSPS) is 11.8. The number of thiophene rings is 1. The Labute approximate surface area is 310 Å². The van der Waals surface area contributed by atoms with E-state index in [4.69, 9.17) is 4.42 Å². The van der Waals surface area contributed by atoms with Gasteiger partial charge in [0.15, 0.2) is 5.58 Å². The van der Waals surface area contributed by atoms with Gasteiger partial charge in [0.05, 0.1) is 11.4 Å². The number of anilines is 3. The van der Waals surface area contributed by atoms with Crippen LogP contribution in [0.4, 0.5) is 17.1 Å². The van der Waals surface area contributed by atoms with Crippen LogP contribution in [0.1, 0.15) is 0 Å². The van der Waals surface area contributed by atoms with Gasteiger partial charge in [0, 0.05) is 36.6 Å². The quantitative estimate of drug-likeness (QED) is 0.167. The predicted molar refractivity (Wildman–Crippen MR) is 227 cm³/mol. The van der Waals surface area contributed by atoms with Crippen LogP contribution in [0.15, 0.2) is 192 Å². The smallest absolute Gasteiger partial charge is 0.159 e. The van der Waals surface area contributed by atoms with Gasteiger partial charge in [-0.25, -0.2) is 0 Å². The Morgan fingerprint density at radius 3 is 1.96 bits per heavy atom. The Kier molecular flexibility index (Phi) is 6.76. The second-order valence-corrected chi connectivity index (χ2v) is 14.7. The molecule has 2 aromatic heterocycles. The van der Waals surface area contributed by atoms with Gasteiger partial charge in [0.2, 0.25) is 0 Å². The second-order valence-electron chi connectivity index (χ2n) is 13.7. The van der Waals surface area contributed by atoms with Crippen molar-refractivity contribution in [1.82, 2.24) is 0 Å². The van der Waals surface area contributed by atoms with Crippen LogP contribution in [0.2, 0.25) is 0 Å². The fourth-order valence-electron chi connectivity index (χ4n) is 8.15. The van der Waals surface area contributed by atoms with E-state index in [0.29, 0.717) is 0 Å². The van der Waals surface area contributed by atoms with Crippen molar-refractivity contribution in [1.29, 1.82) is 0 Å². The third-order valence-electron chi connectivity index (χ3n) is 10.6. The zero-order valence-electron chi connectivity index (χ0n) is 28.7. The summed E-state index contributed by atoms with van der Waals surface area (Å²) in [6, 6.07) is 67.9. The highest BCUT2D eigenvalue weighted by Crippen LogP contribution is 2.50. The molecule has 0 N–H and O–H groups in total. The molecule has 0 unspecified atom stereocenters. The first-order chi connectivity index (χ1) is 26.3. The van der Waals surface area contributed by atoms with Crippen LogP contribution in [-0.4, -0.2) is 0 Å². The molecule has 0 aliphatic heterocycles. The monoisotopic (exact) mass is 693 g/mol. The largest absolute Gasteiger partial charge is 0.454 e. The van der Waals surface area contributed by atoms with E-state index in [0.717, 1.165) is 44.6 Å². The standard InChI is InChI=1S/C50H31NOS/c1-3-12-32(13-4-1)36-25-27-40-41-19-11-20-45(49(41)52-46(40)30-36)51(37-26-24-35-23-22-34-16-7-8-17-38(34)43(35)31-37)44-29-28-39(33-14-5-2-6-15-33)50-48(44)42-18-9-10-21-47(42)53-50/h1-31H. The fourth-order valence-corrected chi connectivity index (χ4v) is 9.41. The Morgan fingerprint density at radius 1 is 0.415 bits per heavy atom. The minimum Gasteiger partial charge on any atom is -0.454 e. The summed E-state index contributed by atoms with van der Waals surface area (Å²) in [5.41, 5.74) is 9.71. The van der Waals surface area contributed by atoms with Crippen LogP contribution in [-0.2, 0) is 0 Å². The van der Waals surface area contributed by atoms with Crippen LogP contribution in [0.3, 0.4) is 0 Å². The minimum absolute atomic E-state index is 0.866. The van der Waals surface area contributed by atoms with Gasteiger partial charge in [-0.3, -0.25) is 0 Å². The molecule has 0 atom stereocenters. The lowest BCUT2D eigenvalue weighted by Gasteiger charge is -2.27. The summed E-state index contributed by atoms with van der Waals surface area (Å²) < 4.78 is 9.51. The first-order valence-electron chi connectivity index (χ1n) is 18.0. The van der Waals surface area contributed by atoms with Crippen molar-refractivity contribution in [3.8, 4) is 22.3 Å². The summed E-state index contributed by atoms with van der Waals surface area (Å²) in [4.78, 5) is 2.43. The van der Waals surface area contributed by atoms with Crippen LogP contribution in [0, 0.1) is 0 Å². The van der Waals surface area contributed by atoms with Crippen molar-refractivity contribution in [2.24, 2.45) is 0 Å². The van der Waals surface area contributed by atoms with E-state index in [1.807, 2.05) is 11.3 Å². The highest BCUT2D eigenvalue weighted by atomic mass is 32.1. The molecule has 9 aromatic carbocycles. The highest BCUT2D eigenvalue weighted by molar-refractivity contribution is 7.26. The lowest BCUT2D eigenvalue weighted by molar-refractivity contribution is 0.669. The van der Waals surface area contributed by atoms with Gasteiger partial charge >= 0.3 is 0 Å². The van der Waals surface area contributed by atoms with Gasteiger partial charge in [0.1, 0.15) is 5.58 Å². The lowest BCUT2D eigenvalue weighted by Crippen LogP contribution is -2.11. The van der Waals surface area contributed by atoms with Crippen LogP contribution in [0.25, 0.3) is 85.9 Å². The molecule has 0 aliphatic carbocycles. The van der Waals surface area contributed by atoms with Gasteiger partial charge in [-0.1, -0.05) is 146 Å². The molecule has 0 amide bonds. The molecule has 0 saturated heterocycles. The molecule has 11 aromatic rings. The minimum atomic E-state index is 0.866. The molecular weight excluding hydrogens is 663 g/mol. The molecule has 0 fully saturated rings. The van der Waals surface area contributed by atoms with E-state index in [9.17, 15) is 0 Å². The summed E-state index contributed by atoms with van der Waals surface area (Å²) in [5.74, 6) is 0. The first-order valence-corrected chi connectivity index (χ1v) is 18.8. The summed E-state index contributed by atoms with van der Waals surface area (Å²) in [6.07, 6.45) is 0. The predicted octanol–water partition coefficient (Wildman–Crippen LogP) is 15.1. The van der Waals surface area contributed by atoms with E-state index in [1.54, 1.807) is 0 Å². The molecule has 53 heavy (non-hydrogen) atoms. The van der Waals surface area contributed by atoms with Crippen molar-refractivity contribution < 1.29 is 4.42 Å². The van der Waals surface area contributed by atoms with Gasteiger partial charge in [-0.15, -0.1) is 11.3 Å². The first kappa shape index (κ1) is 30.0. The number of nitrogens with zero attached hydrogens (tertiary/aromatic N) is 1. The number of hydrogen-bond donors (Lipinski definition) is 0. The molecule has 2 heterocycles. The Hall–Kier alpha value is -6.68. The van der Waals surface area contributed by atoms with Crippen molar-refractivity contribution in [3.63, 3.8) is 0 Å². The number of furan rings is 1. The SMILES string of the molecule is c1ccc(-c2ccc3c(c2)oc2c(N(c4ccc5ccc6ccccc6c5c4)c4ccc(-c5ccccc5)c5sc6ccccc6c45)cccc23)cc1. The van der Waals surface area contributed by atoms with E-state index in [-0.39, 0.29) is 0 Å². The average molecular weight is 694 g/mol. The molecule has 0 bridgehead atoms. The van der Waals surface area contributed by atoms with Gasteiger partial charge in [-0.05, 0) is 86.3 Å². The summed E-state index contributed by atoms with van der Waals surface area (Å²) in [5, 5.41) is 9.61. The number of rotatable bonds is 5. The average Bonchev–Trinajstić information content (AvgIpc) is 3.81. The zero-order valence-corrected chi connectivity index (χ0v) is 29.5. The van der Waals surface area contributed by atoms with Gasteiger partial charge in [-0.2, -0.15) is 0 Å². The summed E-state index contributed by atoms with van der Waals surface area (Å²) >= 11 is 1.87. The number of hydrogen-bond acceptors (Lipinski definition) is 3. The van der Waals surface area contributed by atoms with Crippen molar-refractivity contribution in [2.45, 2.75) is 0 Å². The molecular formula is C50H31NOS. The molecule has 2 nitrogen and oxygen atoms in total. The Bertz CT molecular complexity index is 3180. The van der Waals surface area contributed by atoms with Crippen molar-refractivity contribution >= 4 is 92.1 Å². The zero-order chi connectivity index (χ0) is 34.9. The number of fused-ring (bicyclic) bond motifs is 9. The van der Waals surface area contributed by atoms with Gasteiger partial charge < -0.3 is 9.32 Å². The lowest BCUT2D eigenvalue weighted by atomic mass is 9.98. The van der Waals surface area contributed by atoms with Crippen molar-refractivity contribution in [3.05, 3.63) is 188 Å². The van der Waals surface area contributed by atoms with E-state index in [1.165, 1.54) is 58.4 Å². The fraction of sp³-hybridized carbons (Fsp3) is 0. The number of benzene rings is 9. The maximum atomic E-state index is 6.96. The molecule has 0 aliphatic rings. The van der Waals surface area contributed by atoms with Gasteiger partial charge in [0.25, 0.3) is 0 Å². The topological polar surface area (TPSA) is 16.4 Å². The van der Waals surface area contributed by atoms with Crippen LogP contribution < -0.4 is 4.90 Å². The maximum Gasteiger partial charge on any atom is 0.159 e. The molecule has 0 spiro atoms. The van der Waals surface area contributed by atoms with Crippen LogP contribution >= 0.6 is 11.3 Å². The third-order valence-corrected chi connectivity index (χ3v) is 11.8. The number of para-hydroxylation sites is 1.